The summed E-state index contributed by atoms with van der Waals surface area (Å²) in [5.74, 6) is 0. The van der Waals surface area contributed by atoms with Crippen LogP contribution in [0.4, 0.5) is 0 Å². The average molecular weight is 359 g/mol. The van der Waals surface area contributed by atoms with Gasteiger partial charge in [0.25, 0.3) is 0 Å². The van der Waals surface area contributed by atoms with Gasteiger partial charge in [-0.05, 0) is 12.8 Å². The summed E-state index contributed by atoms with van der Waals surface area (Å²) in [4.78, 5) is 0. The third kappa shape index (κ3) is 14.9. The molecule has 0 saturated carbocycles. The van der Waals surface area contributed by atoms with Crippen LogP contribution in [0.5, 0.6) is 0 Å². The molecule has 134 valence electrons. The Morgan fingerprint density at radius 3 is 1.61 bits per heavy atom. The van der Waals surface area contributed by atoms with E-state index in [9.17, 15) is 18.1 Å². The quantitative estimate of drug-likeness (QED) is 0.272. The molecule has 0 aliphatic heterocycles. The van der Waals surface area contributed by atoms with Crippen LogP contribution < -0.4 is 29.6 Å². The molecule has 2 atom stereocenters. The zero-order chi connectivity index (χ0) is 16.8. The minimum absolute atomic E-state index is 0. The van der Waals surface area contributed by atoms with Crippen molar-refractivity contribution in [3.8, 4) is 0 Å². The molecule has 0 aromatic carbocycles. The maximum absolute atomic E-state index is 11.4. The molecule has 23 heavy (non-hydrogen) atoms. The van der Waals surface area contributed by atoms with Gasteiger partial charge in [0.1, 0.15) is 10.1 Å². The van der Waals surface area contributed by atoms with Crippen molar-refractivity contribution in [3.05, 3.63) is 0 Å². The van der Waals surface area contributed by atoms with Crippen molar-refractivity contribution in [2.75, 3.05) is 0 Å². The smallest absolute Gasteiger partial charge is 0.748 e. The van der Waals surface area contributed by atoms with E-state index in [0.717, 1.165) is 44.9 Å². The first-order valence-electron chi connectivity index (χ1n) is 9.06. The molecule has 6 heteroatoms. The van der Waals surface area contributed by atoms with E-state index in [1.165, 1.54) is 19.3 Å². The Balaban J connectivity index is 0. The zero-order valence-corrected chi connectivity index (χ0v) is 18.2. The summed E-state index contributed by atoms with van der Waals surface area (Å²) < 4.78 is 34.1. The van der Waals surface area contributed by atoms with E-state index in [1.54, 1.807) is 0 Å². The predicted molar refractivity (Wildman–Crippen MR) is 90.9 cm³/mol. The van der Waals surface area contributed by atoms with Gasteiger partial charge < -0.3 is 9.66 Å². The number of hydrogen-bond acceptors (Lipinski definition) is 4. The molecular weight excluding hydrogens is 323 g/mol. The SMILES string of the molecule is CCCCCCCCC(O)C(CCCCCCC)S(=O)(=O)[O-].[Na+]. The third-order valence-electron chi connectivity index (χ3n) is 4.25. The van der Waals surface area contributed by atoms with Gasteiger partial charge >= 0.3 is 29.6 Å². The number of aliphatic hydroxyl groups excluding tert-OH is 1. The Morgan fingerprint density at radius 1 is 0.783 bits per heavy atom. The molecule has 0 aliphatic rings. The van der Waals surface area contributed by atoms with Crippen LogP contribution in [0.1, 0.15) is 97.3 Å². The summed E-state index contributed by atoms with van der Waals surface area (Å²) in [5.41, 5.74) is 0. The van der Waals surface area contributed by atoms with Crippen LogP contribution in [-0.4, -0.2) is 29.4 Å². The van der Waals surface area contributed by atoms with Crippen LogP contribution >= 0.6 is 0 Å². The summed E-state index contributed by atoms with van der Waals surface area (Å²) in [7, 11) is -4.41. The second kappa shape index (κ2) is 16.3. The summed E-state index contributed by atoms with van der Waals surface area (Å²) in [5, 5.41) is 8.95. The molecule has 0 bridgehead atoms. The average Bonchev–Trinajstić information content (AvgIpc) is 2.45. The molecule has 0 heterocycles. The van der Waals surface area contributed by atoms with Crippen LogP contribution in [0.3, 0.4) is 0 Å². The molecular formula is C17H35NaO4S. The molecule has 0 aliphatic carbocycles. The predicted octanol–water partition coefficient (Wildman–Crippen LogP) is 1.38. The van der Waals surface area contributed by atoms with Gasteiger partial charge in [-0.3, -0.25) is 0 Å². The Hall–Kier alpha value is 0.870. The van der Waals surface area contributed by atoms with E-state index in [-0.39, 0.29) is 29.6 Å². The van der Waals surface area contributed by atoms with Crippen molar-refractivity contribution in [3.63, 3.8) is 0 Å². The van der Waals surface area contributed by atoms with Gasteiger partial charge in [-0.2, -0.15) is 0 Å². The van der Waals surface area contributed by atoms with Crippen molar-refractivity contribution in [1.82, 2.24) is 0 Å². The van der Waals surface area contributed by atoms with Crippen molar-refractivity contribution in [2.45, 2.75) is 109 Å². The minimum atomic E-state index is -4.41. The van der Waals surface area contributed by atoms with Gasteiger partial charge in [-0.1, -0.05) is 84.5 Å². The van der Waals surface area contributed by atoms with Crippen LogP contribution in [0.2, 0.25) is 0 Å². The summed E-state index contributed by atoms with van der Waals surface area (Å²) in [6.07, 6.45) is 11.2. The number of aliphatic hydroxyl groups is 1. The first kappa shape index (κ1) is 26.1. The van der Waals surface area contributed by atoms with Crippen molar-refractivity contribution in [2.24, 2.45) is 0 Å². The maximum Gasteiger partial charge on any atom is 1.00 e. The van der Waals surface area contributed by atoms with Crippen molar-refractivity contribution >= 4 is 10.1 Å². The second-order valence-electron chi connectivity index (χ2n) is 6.36. The first-order valence-corrected chi connectivity index (χ1v) is 10.5. The van der Waals surface area contributed by atoms with Gasteiger partial charge in [0, 0.05) is 0 Å². The standard InChI is InChI=1S/C17H36O4S.Na/c1-3-5-7-9-11-12-14-16(18)17(22(19,20)21)15-13-10-8-6-4-2;/h16-18H,3-15H2,1-2H3,(H,19,20,21);/q;+1/p-1. The Bertz CT molecular complexity index is 347. The Morgan fingerprint density at radius 2 is 1.17 bits per heavy atom. The van der Waals surface area contributed by atoms with Crippen LogP contribution in [-0.2, 0) is 10.1 Å². The topological polar surface area (TPSA) is 77.4 Å². The molecule has 0 radical (unpaired) electrons. The van der Waals surface area contributed by atoms with Crippen molar-refractivity contribution in [1.29, 1.82) is 0 Å². The number of rotatable bonds is 15. The van der Waals surface area contributed by atoms with Gasteiger partial charge in [0.05, 0.1) is 11.4 Å². The van der Waals surface area contributed by atoms with E-state index in [1.807, 2.05) is 0 Å². The Labute approximate surface area is 165 Å². The van der Waals surface area contributed by atoms with Gasteiger partial charge in [0.15, 0.2) is 0 Å². The summed E-state index contributed by atoms with van der Waals surface area (Å²) in [6.45, 7) is 4.28. The second-order valence-corrected chi connectivity index (χ2v) is 7.95. The summed E-state index contributed by atoms with van der Waals surface area (Å²) >= 11 is 0. The van der Waals surface area contributed by atoms with Crippen LogP contribution in [0.25, 0.3) is 0 Å². The molecule has 0 fully saturated rings. The normalized spacial score (nSPS) is 14.3. The van der Waals surface area contributed by atoms with Crippen molar-refractivity contribution < 1.29 is 47.6 Å². The molecule has 1 N–H and O–H groups in total. The monoisotopic (exact) mass is 358 g/mol. The number of unbranched alkanes of at least 4 members (excludes halogenated alkanes) is 9. The molecule has 4 nitrogen and oxygen atoms in total. The fraction of sp³-hybridized carbons (Fsp3) is 1.00. The summed E-state index contributed by atoms with van der Waals surface area (Å²) in [6, 6.07) is 0. The molecule has 0 aromatic heterocycles. The molecule has 0 spiro atoms. The molecule has 0 rings (SSSR count). The van der Waals surface area contributed by atoms with E-state index < -0.39 is 21.5 Å². The van der Waals surface area contributed by atoms with Gasteiger partial charge in [0.2, 0.25) is 0 Å². The maximum atomic E-state index is 11.4. The van der Waals surface area contributed by atoms with E-state index in [2.05, 4.69) is 13.8 Å². The zero-order valence-electron chi connectivity index (χ0n) is 15.4. The van der Waals surface area contributed by atoms with E-state index in [4.69, 9.17) is 0 Å². The Kier molecular flexibility index (Phi) is 18.5. The number of hydrogen-bond donors (Lipinski definition) is 1. The van der Waals surface area contributed by atoms with Gasteiger partial charge in [-0.25, -0.2) is 8.42 Å². The fourth-order valence-corrected chi connectivity index (χ4v) is 3.77. The largest absolute Gasteiger partial charge is 1.00 e. The van der Waals surface area contributed by atoms with E-state index in [0.29, 0.717) is 19.3 Å². The molecule has 0 aromatic rings. The van der Waals surface area contributed by atoms with Gasteiger partial charge in [-0.15, -0.1) is 0 Å². The molecule has 0 saturated heterocycles. The molecule has 2 unspecified atom stereocenters. The van der Waals surface area contributed by atoms with Crippen LogP contribution in [0, 0.1) is 0 Å². The van der Waals surface area contributed by atoms with Crippen LogP contribution in [0.15, 0.2) is 0 Å². The third-order valence-corrected chi connectivity index (χ3v) is 5.54. The first-order chi connectivity index (χ1) is 10.4. The molecule has 0 amide bonds. The minimum Gasteiger partial charge on any atom is -0.748 e. The van der Waals surface area contributed by atoms with E-state index >= 15 is 0 Å². The fourth-order valence-electron chi connectivity index (χ4n) is 2.80.